The first-order chi connectivity index (χ1) is 9.48. The van der Waals surface area contributed by atoms with Gasteiger partial charge >= 0.3 is 0 Å². The molecule has 120 valence electrons. The van der Waals surface area contributed by atoms with Gasteiger partial charge in [0.1, 0.15) is 10.7 Å². The molecule has 0 aliphatic carbocycles. The molecule has 1 aliphatic heterocycles. The summed E-state index contributed by atoms with van der Waals surface area (Å²) in [6.07, 6.45) is 1.40. The Morgan fingerprint density at radius 2 is 2.19 bits per heavy atom. The third-order valence-electron chi connectivity index (χ3n) is 3.37. The minimum atomic E-state index is -3.92. The van der Waals surface area contributed by atoms with Crippen molar-refractivity contribution in [2.45, 2.75) is 30.7 Å². The summed E-state index contributed by atoms with van der Waals surface area (Å²) in [7, 11) is -3.92. The standard InChI is InChI=1S/C13H18ClFN2O2S.ClH/c1-2-8-17(10-6-7-16-9-10)20(18,19)13-11(14)4-3-5-12(13)15;/h3-5,10,16H,2,6-9H2,1H3;1H. The summed E-state index contributed by atoms with van der Waals surface area (Å²) < 4.78 is 40.7. The van der Waals surface area contributed by atoms with Crippen LogP contribution >= 0.6 is 24.0 Å². The molecule has 1 saturated heterocycles. The summed E-state index contributed by atoms with van der Waals surface area (Å²) in [5.41, 5.74) is 0. The Bertz CT molecular complexity index is 557. The molecule has 21 heavy (non-hydrogen) atoms. The maximum Gasteiger partial charge on any atom is 0.247 e. The normalized spacial score (nSPS) is 18.8. The first-order valence-electron chi connectivity index (χ1n) is 6.65. The molecule has 8 heteroatoms. The quantitative estimate of drug-likeness (QED) is 0.882. The zero-order valence-electron chi connectivity index (χ0n) is 11.7. The summed E-state index contributed by atoms with van der Waals surface area (Å²) in [5.74, 6) is -0.801. The first kappa shape index (κ1) is 18.6. The van der Waals surface area contributed by atoms with Crippen molar-refractivity contribution in [2.24, 2.45) is 0 Å². The highest BCUT2D eigenvalue weighted by Crippen LogP contribution is 2.29. The third-order valence-corrected chi connectivity index (χ3v) is 5.83. The molecule has 1 aromatic rings. The molecule has 0 amide bonds. The van der Waals surface area contributed by atoms with Crippen LogP contribution in [0.15, 0.2) is 23.1 Å². The van der Waals surface area contributed by atoms with Crippen LogP contribution in [0.2, 0.25) is 5.02 Å². The number of nitrogens with zero attached hydrogens (tertiary/aromatic N) is 1. The highest BCUT2D eigenvalue weighted by atomic mass is 35.5. The summed E-state index contributed by atoms with van der Waals surface area (Å²) >= 11 is 5.90. The van der Waals surface area contributed by atoms with Crippen LogP contribution in [0.25, 0.3) is 0 Å². The smallest absolute Gasteiger partial charge is 0.247 e. The predicted molar refractivity (Wildman–Crippen MR) is 84.1 cm³/mol. The van der Waals surface area contributed by atoms with Crippen LogP contribution < -0.4 is 5.32 Å². The lowest BCUT2D eigenvalue weighted by Crippen LogP contribution is -2.42. The van der Waals surface area contributed by atoms with Crippen molar-refractivity contribution < 1.29 is 12.8 Å². The van der Waals surface area contributed by atoms with Gasteiger partial charge in [0.15, 0.2) is 0 Å². The van der Waals surface area contributed by atoms with Crippen LogP contribution in [0.1, 0.15) is 19.8 Å². The fraction of sp³-hybridized carbons (Fsp3) is 0.538. The van der Waals surface area contributed by atoms with Gasteiger partial charge in [-0.3, -0.25) is 0 Å². The summed E-state index contributed by atoms with van der Waals surface area (Å²) in [6, 6.07) is 3.78. The van der Waals surface area contributed by atoms with E-state index in [0.717, 1.165) is 19.0 Å². The predicted octanol–water partition coefficient (Wildman–Crippen LogP) is 2.66. The lowest BCUT2D eigenvalue weighted by Gasteiger charge is -2.27. The molecule has 1 aliphatic rings. The molecule has 2 rings (SSSR count). The van der Waals surface area contributed by atoms with Crippen molar-refractivity contribution >= 4 is 34.0 Å². The molecule has 0 bridgehead atoms. The fourth-order valence-corrected chi connectivity index (χ4v) is 4.77. The average molecular weight is 357 g/mol. The highest BCUT2D eigenvalue weighted by molar-refractivity contribution is 7.89. The Morgan fingerprint density at radius 1 is 1.48 bits per heavy atom. The maximum atomic E-state index is 13.9. The van der Waals surface area contributed by atoms with Crippen LogP contribution in [0.4, 0.5) is 4.39 Å². The minimum Gasteiger partial charge on any atom is -0.315 e. The Hall–Kier alpha value is -0.400. The Labute approximate surface area is 136 Å². The number of sulfonamides is 1. The summed E-state index contributed by atoms with van der Waals surface area (Å²) in [5, 5.41) is 3.06. The Morgan fingerprint density at radius 3 is 2.71 bits per heavy atom. The highest BCUT2D eigenvalue weighted by Gasteiger charge is 2.35. The van der Waals surface area contributed by atoms with Gasteiger partial charge in [-0.25, -0.2) is 12.8 Å². The van der Waals surface area contributed by atoms with E-state index in [9.17, 15) is 12.8 Å². The lowest BCUT2D eigenvalue weighted by atomic mass is 10.2. The monoisotopic (exact) mass is 356 g/mol. The van der Waals surface area contributed by atoms with Crippen molar-refractivity contribution in [2.75, 3.05) is 19.6 Å². The van der Waals surface area contributed by atoms with E-state index in [-0.39, 0.29) is 23.5 Å². The second-order valence-electron chi connectivity index (χ2n) is 4.81. The molecule has 1 N–H and O–H groups in total. The van der Waals surface area contributed by atoms with Gasteiger partial charge in [-0.05, 0) is 31.5 Å². The van der Waals surface area contributed by atoms with Gasteiger partial charge in [-0.1, -0.05) is 24.6 Å². The van der Waals surface area contributed by atoms with E-state index in [0.29, 0.717) is 19.5 Å². The molecular formula is C13H19Cl2FN2O2S. The zero-order chi connectivity index (χ0) is 14.8. The molecule has 1 fully saturated rings. The van der Waals surface area contributed by atoms with E-state index in [1.807, 2.05) is 6.92 Å². The van der Waals surface area contributed by atoms with Crippen LogP contribution in [0.5, 0.6) is 0 Å². The number of halogens is 3. The molecule has 1 heterocycles. The summed E-state index contributed by atoms with van der Waals surface area (Å²) in [6.45, 7) is 3.61. The van der Waals surface area contributed by atoms with Gasteiger partial charge in [0.2, 0.25) is 10.0 Å². The van der Waals surface area contributed by atoms with Crippen molar-refractivity contribution in [3.8, 4) is 0 Å². The van der Waals surface area contributed by atoms with Gasteiger partial charge in [-0.15, -0.1) is 12.4 Å². The molecule has 1 aromatic carbocycles. The van der Waals surface area contributed by atoms with Gasteiger partial charge < -0.3 is 5.32 Å². The van der Waals surface area contributed by atoms with E-state index in [2.05, 4.69) is 5.32 Å². The Kier molecular flexibility index (Phi) is 6.87. The average Bonchev–Trinajstić information content (AvgIpc) is 2.88. The number of hydrogen-bond donors (Lipinski definition) is 1. The van der Waals surface area contributed by atoms with E-state index in [4.69, 9.17) is 11.6 Å². The topological polar surface area (TPSA) is 49.4 Å². The van der Waals surface area contributed by atoms with Crippen molar-refractivity contribution in [1.29, 1.82) is 0 Å². The molecule has 1 unspecified atom stereocenters. The molecule has 0 radical (unpaired) electrons. The molecule has 0 aromatic heterocycles. The third kappa shape index (κ3) is 3.87. The maximum absolute atomic E-state index is 13.9. The Balaban J connectivity index is 0.00000220. The van der Waals surface area contributed by atoms with Gasteiger partial charge in [0.05, 0.1) is 5.02 Å². The molecular weight excluding hydrogens is 338 g/mol. The van der Waals surface area contributed by atoms with Crippen LogP contribution in [0.3, 0.4) is 0 Å². The summed E-state index contributed by atoms with van der Waals surface area (Å²) in [4.78, 5) is -0.415. The number of nitrogens with one attached hydrogen (secondary N) is 1. The zero-order valence-corrected chi connectivity index (χ0v) is 14.1. The number of hydrogen-bond acceptors (Lipinski definition) is 3. The minimum absolute atomic E-state index is 0. The molecule has 1 atom stereocenters. The van der Waals surface area contributed by atoms with Gasteiger partial charge in [0, 0.05) is 19.1 Å². The molecule has 0 spiro atoms. The van der Waals surface area contributed by atoms with Gasteiger partial charge in [-0.2, -0.15) is 4.31 Å². The lowest BCUT2D eigenvalue weighted by molar-refractivity contribution is 0.333. The molecule has 4 nitrogen and oxygen atoms in total. The largest absolute Gasteiger partial charge is 0.315 e. The van der Waals surface area contributed by atoms with E-state index >= 15 is 0 Å². The number of benzene rings is 1. The van der Waals surface area contributed by atoms with Crippen molar-refractivity contribution in [3.63, 3.8) is 0 Å². The SMILES string of the molecule is CCCN(C1CCNC1)S(=O)(=O)c1c(F)cccc1Cl.Cl. The van der Waals surface area contributed by atoms with E-state index in [1.165, 1.54) is 16.4 Å². The van der Waals surface area contributed by atoms with Crippen LogP contribution in [-0.2, 0) is 10.0 Å². The number of rotatable bonds is 5. The van der Waals surface area contributed by atoms with Gasteiger partial charge in [0.25, 0.3) is 0 Å². The second kappa shape index (κ2) is 7.74. The van der Waals surface area contributed by atoms with Crippen LogP contribution in [0, 0.1) is 5.82 Å². The van der Waals surface area contributed by atoms with E-state index < -0.39 is 20.7 Å². The van der Waals surface area contributed by atoms with E-state index in [1.54, 1.807) is 0 Å². The van der Waals surface area contributed by atoms with Crippen LogP contribution in [-0.4, -0.2) is 38.4 Å². The first-order valence-corrected chi connectivity index (χ1v) is 8.47. The van der Waals surface area contributed by atoms with Crippen molar-refractivity contribution in [3.05, 3.63) is 29.0 Å². The second-order valence-corrected chi connectivity index (χ2v) is 7.05. The molecule has 0 saturated carbocycles. The fourth-order valence-electron chi connectivity index (χ4n) is 2.45. The van der Waals surface area contributed by atoms with Crippen molar-refractivity contribution in [1.82, 2.24) is 9.62 Å².